The quantitative estimate of drug-likeness (QED) is 0.745. The molecule has 1 aromatic carbocycles. The highest BCUT2D eigenvalue weighted by molar-refractivity contribution is 9.10. The van der Waals surface area contributed by atoms with Crippen molar-refractivity contribution >= 4 is 15.9 Å². The first kappa shape index (κ1) is 16.0. The van der Waals surface area contributed by atoms with Gasteiger partial charge in [0.1, 0.15) is 5.75 Å². The molecule has 1 heterocycles. The number of nitrogens with zero attached hydrogens (tertiary/aromatic N) is 2. The Morgan fingerprint density at radius 3 is 2.86 bits per heavy atom. The molecule has 0 aliphatic rings. The molecular weight excluding hydrogens is 330 g/mol. The fourth-order valence-corrected chi connectivity index (χ4v) is 2.29. The van der Waals surface area contributed by atoms with Crippen LogP contribution in [0.15, 0.2) is 35.1 Å². The first-order valence-corrected chi connectivity index (χ1v) is 8.10. The van der Waals surface area contributed by atoms with Gasteiger partial charge in [0.05, 0.1) is 12.4 Å². The minimum atomic E-state index is 0.329. The molecule has 21 heavy (non-hydrogen) atoms. The Hall–Kier alpha value is -1.33. The minimum absolute atomic E-state index is 0.329. The van der Waals surface area contributed by atoms with Crippen molar-refractivity contribution < 1.29 is 4.74 Å². The highest BCUT2D eigenvalue weighted by atomic mass is 79.9. The Morgan fingerprint density at radius 2 is 2.19 bits per heavy atom. The highest BCUT2D eigenvalue weighted by Crippen LogP contribution is 2.28. The minimum Gasteiger partial charge on any atom is -0.454 e. The summed E-state index contributed by atoms with van der Waals surface area (Å²) in [7, 11) is 0. The summed E-state index contributed by atoms with van der Waals surface area (Å²) in [4.78, 5) is 0. The van der Waals surface area contributed by atoms with Crippen molar-refractivity contribution in [1.29, 1.82) is 0 Å². The van der Waals surface area contributed by atoms with Crippen molar-refractivity contribution in [3.05, 3.63) is 40.6 Å². The van der Waals surface area contributed by atoms with Gasteiger partial charge in [-0.1, -0.05) is 28.9 Å². The fraction of sp³-hybridized carbons (Fsp3) is 0.438. The summed E-state index contributed by atoms with van der Waals surface area (Å²) < 4.78 is 8.90. The first-order valence-electron chi connectivity index (χ1n) is 7.31. The van der Waals surface area contributed by atoms with Crippen molar-refractivity contribution in [2.75, 3.05) is 6.54 Å². The second-order valence-corrected chi connectivity index (χ2v) is 6.20. The lowest BCUT2D eigenvalue weighted by atomic mass is 10.2. The van der Waals surface area contributed by atoms with E-state index in [9.17, 15) is 0 Å². The van der Waals surface area contributed by atoms with Crippen molar-refractivity contribution in [1.82, 2.24) is 15.1 Å². The number of nitrogens with one attached hydrogen (secondary N) is 1. The van der Waals surface area contributed by atoms with E-state index in [1.54, 1.807) is 6.20 Å². The number of hydrogen-bond acceptors (Lipinski definition) is 3. The zero-order valence-corrected chi connectivity index (χ0v) is 14.4. The Bertz CT molecular complexity index is 581. The summed E-state index contributed by atoms with van der Waals surface area (Å²) in [5, 5.41) is 7.71. The Morgan fingerprint density at radius 1 is 1.38 bits per heavy atom. The van der Waals surface area contributed by atoms with E-state index in [1.165, 1.54) is 0 Å². The van der Waals surface area contributed by atoms with Gasteiger partial charge >= 0.3 is 0 Å². The van der Waals surface area contributed by atoms with E-state index in [1.807, 2.05) is 23.0 Å². The lowest BCUT2D eigenvalue weighted by Gasteiger charge is -2.11. The van der Waals surface area contributed by atoms with Crippen LogP contribution >= 0.6 is 15.9 Å². The average Bonchev–Trinajstić information content (AvgIpc) is 2.90. The molecule has 114 valence electrons. The van der Waals surface area contributed by atoms with Gasteiger partial charge < -0.3 is 10.1 Å². The fourth-order valence-electron chi connectivity index (χ4n) is 1.95. The molecule has 0 saturated carbocycles. The van der Waals surface area contributed by atoms with Gasteiger partial charge in [-0.3, -0.25) is 4.68 Å². The highest BCUT2D eigenvalue weighted by Gasteiger charge is 2.08. The molecule has 0 radical (unpaired) electrons. The van der Waals surface area contributed by atoms with Crippen molar-refractivity contribution in [3.8, 4) is 11.5 Å². The maximum Gasteiger partial charge on any atom is 0.165 e. The molecule has 0 spiro atoms. The molecule has 0 unspecified atom stereocenters. The molecule has 0 aliphatic heterocycles. The molecule has 2 aromatic rings. The van der Waals surface area contributed by atoms with E-state index in [0.29, 0.717) is 6.04 Å². The molecule has 5 heteroatoms. The second-order valence-electron chi connectivity index (χ2n) is 5.28. The van der Waals surface area contributed by atoms with Crippen LogP contribution in [0.1, 0.15) is 38.8 Å². The van der Waals surface area contributed by atoms with Crippen molar-refractivity contribution in [2.24, 2.45) is 0 Å². The summed E-state index contributed by atoms with van der Waals surface area (Å²) >= 11 is 3.50. The molecule has 4 nitrogen and oxygen atoms in total. The maximum atomic E-state index is 6.00. The van der Waals surface area contributed by atoms with Crippen LogP contribution in [-0.4, -0.2) is 16.3 Å². The molecule has 0 aliphatic carbocycles. The Balaban J connectivity index is 2.14. The molecule has 0 atom stereocenters. The van der Waals surface area contributed by atoms with Crippen LogP contribution in [0.25, 0.3) is 0 Å². The molecule has 2 rings (SSSR count). The zero-order valence-electron chi connectivity index (χ0n) is 12.8. The number of halogens is 1. The monoisotopic (exact) mass is 351 g/mol. The lowest BCUT2D eigenvalue weighted by Crippen LogP contribution is -2.14. The third-order valence-electron chi connectivity index (χ3n) is 3.11. The first-order chi connectivity index (χ1) is 10.1. The standard InChI is InChI=1S/C16H22BrN3O/c1-4-7-18-9-13-5-6-14(17)8-16(13)21-15-10-19-20(11-15)12(2)3/h5-6,8,10-12,18H,4,7,9H2,1-3H3. The number of ether oxygens (including phenoxy) is 1. The van der Waals surface area contributed by atoms with E-state index >= 15 is 0 Å². The van der Waals surface area contributed by atoms with Crippen LogP contribution in [-0.2, 0) is 6.54 Å². The summed E-state index contributed by atoms with van der Waals surface area (Å²) in [6, 6.07) is 6.44. The van der Waals surface area contributed by atoms with E-state index in [-0.39, 0.29) is 0 Å². The predicted molar refractivity (Wildman–Crippen MR) is 88.8 cm³/mol. The van der Waals surface area contributed by atoms with Gasteiger partial charge in [-0.2, -0.15) is 5.10 Å². The van der Waals surface area contributed by atoms with Crippen LogP contribution in [0.2, 0.25) is 0 Å². The lowest BCUT2D eigenvalue weighted by molar-refractivity contribution is 0.468. The van der Waals surface area contributed by atoms with E-state index < -0.39 is 0 Å². The smallest absolute Gasteiger partial charge is 0.165 e. The third-order valence-corrected chi connectivity index (χ3v) is 3.60. The molecule has 0 amide bonds. The van der Waals surface area contributed by atoms with Gasteiger partial charge in [0.15, 0.2) is 5.75 Å². The molecule has 0 fully saturated rings. The van der Waals surface area contributed by atoms with Crippen molar-refractivity contribution in [2.45, 2.75) is 39.8 Å². The summed E-state index contributed by atoms with van der Waals surface area (Å²) in [6.07, 6.45) is 4.80. The average molecular weight is 352 g/mol. The van der Waals surface area contributed by atoms with E-state index in [0.717, 1.165) is 41.0 Å². The van der Waals surface area contributed by atoms with Crippen LogP contribution in [0.5, 0.6) is 11.5 Å². The molecular formula is C16H22BrN3O. The number of aromatic nitrogens is 2. The van der Waals surface area contributed by atoms with E-state index in [2.05, 4.69) is 53.2 Å². The van der Waals surface area contributed by atoms with Gasteiger partial charge in [0.2, 0.25) is 0 Å². The van der Waals surface area contributed by atoms with Crippen LogP contribution in [0.4, 0.5) is 0 Å². The molecule has 0 bridgehead atoms. The summed E-state index contributed by atoms with van der Waals surface area (Å²) in [5.41, 5.74) is 1.14. The topological polar surface area (TPSA) is 39.1 Å². The zero-order chi connectivity index (χ0) is 15.2. The van der Waals surface area contributed by atoms with Crippen LogP contribution in [0, 0.1) is 0 Å². The normalized spacial score (nSPS) is 11.1. The number of benzene rings is 1. The number of rotatable bonds is 7. The van der Waals surface area contributed by atoms with Gasteiger partial charge in [-0.05, 0) is 38.9 Å². The predicted octanol–water partition coefficient (Wildman–Crippen LogP) is 4.52. The molecule has 0 saturated heterocycles. The van der Waals surface area contributed by atoms with Crippen LogP contribution < -0.4 is 10.1 Å². The third kappa shape index (κ3) is 4.58. The van der Waals surface area contributed by atoms with Gasteiger partial charge in [-0.15, -0.1) is 0 Å². The van der Waals surface area contributed by atoms with Gasteiger partial charge in [-0.25, -0.2) is 0 Å². The van der Waals surface area contributed by atoms with E-state index in [4.69, 9.17) is 4.74 Å². The largest absolute Gasteiger partial charge is 0.454 e. The Kier molecular flexibility index (Phi) is 5.82. The second kappa shape index (κ2) is 7.61. The van der Waals surface area contributed by atoms with Crippen molar-refractivity contribution in [3.63, 3.8) is 0 Å². The SMILES string of the molecule is CCCNCc1ccc(Br)cc1Oc1cnn(C(C)C)c1. The van der Waals surface area contributed by atoms with Gasteiger partial charge in [0, 0.05) is 22.6 Å². The van der Waals surface area contributed by atoms with Gasteiger partial charge in [0.25, 0.3) is 0 Å². The summed E-state index contributed by atoms with van der Waals surface area (Å²) in [6.45, 7) is 8.15. The molecule has 1 aromatic heterocycles. The maximum absolute atomic E-state index is 6.00. The van der Waals surface area contributed by atoms with Crippen LogP contribution in [0.3, 0.4) is 0 Å². The number of hydrogen-bond donors (Lipinski definition) is 1. The summed E-state index contributed by atoms with van der Waals surface area (Å²) in [5.74, 6) is 1.62. The Labute approximate surface area is 134 Å². The molecule has 1 N–H and O–H groups in total.